The maximum atomic E-state index is 13.5. The van der Waals surface area contributed by atoms with E-state index in [-0.39, 0.29) is 17.9 Å². The molecule has 2 atom stereocenters. The number of thiophene rings is 1. The number of carbonyl (C=O) groups excluding carboxylic acids is 2. The van der Waals surface area contributed by atoms with Crippen molar-refractivity contribution in [1.29, 1.82) is 0 Å². The molecule has 1 aliphatic heterocycles. The second-order valence-electron chi connectivity index (χ2n) is 8.44. The van der Waals surface area contributed by atoms with Crippen LogP contribution >= 0.6 is 11.3 Å². The van der Waals surface area contributed by atoms with Gasteiger partial charge in [0.2, 0.25) is 5.91 Å². The molecule has 0 fully saturated rings. The average Bonchev–Trinajstić information content (AvgIpc) is 3.54. The van der Waals surface area contributed by atoms with Gasteiger partial charge in [0.25, 0.3) is 5.91 Å². The highest BCUT2D eigenvalue weighted by atomic mass is 32.1. The van der Waals surface area contributed by atoms with Crippen LogP contribution in [0.4, 0.5) is 0 Å². The number of likely N-dealkylation sites (N-methyl/N-ethyl adjacent to an activating group) is 1. The number of nitrogens with one attached hydrogen (secondary N) is 1. The molecule has 1 aromatic carbocycles. The largest absolute Gasteiger partial charge is 0.468 e. The first kappa shape index (κ1) is 23.3. The molecular weight excluding hydrogens is 434 g/mol. The summed E-state index contributed by atoms with van der Waals surface area (Å²) in [6, 6.07) is 15.0. The van der Waals surface area contributed by atoms with Gasteiger partial charge in [-0.1, -0.05) is 37.6 Å². The van der Waals surface area contributed by atoms with Crippen molar-refractivity contribution >= 4 is 23.2 Å². The third-order valence-electron chi connectivity index (χ3n) is 6.21. The van der Waals surface area contributed by atoms with Crippen LogP contribution in [-0.2, 0) is 11.3 Å². The van der Waals surface area contributed by atoms with Gasteiger partial charge in [0, 0.05) is 30.6 Å². The molecule has 0 saturated carbocycles. The van der Waals surface area contributed by atoms with Crippen LogP contribution in [0.2, 0.25) is 0 Å². The second-order valence-corrected chi connectivity index (χ2v) is 9.42. The highest BCUT2D eigenvalue weighted by Gasteiger charge is 2.42. The first-order valence-corrected chi connectivity index (χ1v) is 12.4. The number of fused-ring (bicyclic) bond motifs is 1. The molecule has 1 N–H and O–H groups in total. The molecule has 6 nitrogen and oxygen atoms in total. The average molecular weight is 466 g/mol. The highest BCUT2D eigenvalue weighted by Crippen LogP contribution is 2.43. The van der Waals surface area contributed by atoms with Crippen molar-refractivity contribution in [3.8, 4) is 0 Å². The number of carbonyl (C=O) groups is 2. The molecule has 2 aromatic heterocycles. The third-order valence-corrected chi connectivity index (χ3v) is 7.15. The van der Waals surface area contributed by atoms with Gasteiger partial charge < -0.3 is 14.6 Å². The molecule has 33 heavy (non-hydrogen) atoms. The van der Waals surface area contributed by atoms with Gasteiger partial charge in [-0.2, -0.15) is 0 Å². The van der Waals surface area contributed by atoms with Crippen molar-refractivity contribution in [3.05, 3.63) is 81.9 Å². The Labute approximate surface area is 199 Å². The number of amides is 2. The van der Waals surface area contributed by atoms with Gasteiger partial charge in [-0.3, -0.25) is 14.5 Å². The number of hydrogen-bond donors (Lipinski definition) is 1. The minimum Gasteiger partial charge on any atom is -0.468 e. The summed E-state index contributed by atoms with van der Waals surface area (Å²) in [6.07, 6.45) is 3.90. The summed E-state index contributed by atoms with van der Waals surface area (Å²) in [7, 11) is 1.79. The first-order chi connectivity index (χ1) is 16.1. The topological polar surface area (TPSA) is 65.8 Å². The summed E-state index contributed by atoms with van der Waals surface area (Å²) in [5, 5.41) is 5.15. The molecule has 0 bridgehead atoms. The first-order valence-electron chi connectivity index (χ1n) is 11.5. The number of unbranched alkanes of at least 4 members (excludes halogenated alkanes) is 1. The summed E-state index contributed by atoms with van der Waals surface area (Å²) in [5.74, 6) is 0.388. The Morgan fingerprint density at radius 1 is 1.15 bits per heavy atom. The minimum atomic E-state index is -0.447. The van der Waals surface area contributed by atoms with Crippen LogP contribution in [0.25, 0.3) is 0 Å². The quantitative estimate of drug-likeness (QED) is 0.473. The zero-order chi connectivity index (χ0) is 23.2. The van der Waals surface area contributed by atoms with Gasteiger partial charge in [-0.25, -0.2) is 0 Å². The summed E-state index contributed by atoms with van der Waals surface area (Å²) in [6.45, 7) is 5.13. The van der Waals surface area contributed by atoms with Crippen molar-refractivity contribution in [2.45, 2.75) is 38.3 Å². The Hall–Kier alpha value is -2.90. The minimum absolute atomic E-state index is 0.0442. The summed E-state index contributed by atoms with van der Waals surface area (Å²) >= 11 is 1.58. The van der Waals surface area contributed by atoms with Crippen LogP contribution in [0, 0.1) is 0 Å². The Bertz CT molecular complexity index is 1050. The third kappa shape index (κ3) is 5.20. The maximum absolute atomic E-state index is 13.5. The Kier molecular flexibility index (Phi) is 7.62. The van der Waals surface area contributed by atoms with E-state index in [0.29, 0.717) is 12.1 Å². The summed E-state index contributed by atoms with van der Waals surface area (Å²) in [4.78, 5) is 31.6. The van der Waals surface area contributed by atoms with Crippen molar-refractivity contribution in [2.24, 2.45) is 0 Å². The fourth-order valence-corrected chi connectivity index (χ4v) is 5.40. The molecular formula is C26H31N3O3S. The predicted octanol–water partition coefficient (Wildman–Crippen LogP) is 4.67. The van der Waals surface area contributed by atoms with E-state index in [0.717, 1.165) is 48.7 Å². The van der Waals surface area contributed by atoms with Gasteiger partial charge in [0.1, 0.15) is 5.76 Å². The van der Waals surface area contributed by atoms with Crippen LogP contribution < -0.4 is 5.32 Å². The molecule has 2 amide bonds. The van der Waals surface area contributed by atoms with E-state index in [1.807, 2.05) is 53.9 Å². The molecule has 0 spiro atoms. The lowest BCUT2D eigenvalue weighted by Crippen LogP contribution is -2.46. The van der Waals surface area contributed by atoms with E-state index >= 15 is 0 Å². The lowest BCUT2D eigenvalue weighted by Gasteiger charge is -2.39. The fraction of sp³-hybridized carbons (Fsp3) is 0.385. The smallest absolute Gasteiger partial charge is 0.254 e. The van der Waals surface area contributed by atoms with Crippen LogP contribution in [0.5, 0.6) is 0 Å². The van der Waals surface area contributed by atoms with Gasteiger partial charge in [-0.15, -0.1) is 11.3 Å². The van der Waals surface area contributed by atoms with Crippen molar-refractivity contribution in [2.75, 3.05) is 26.7 Å². The molecule has 0 saturated heterocycles. The van der Waals surface area contributed by atoms with Crippen LogP contribution in [0.1, 0.15) is 58.3 Å². The number of benzene rings is 1. The van der Waals surface area contributed by atoms with E-state index in [9.17, 15) is 9.59 Å². The maximum Gasteiger partial charge on any atom is 0.254 e. The molecule has 1 aliphatic rings. The second kappa shape index (κ2) is 10.8. The lowest BCUT2D eigenvalue weighted by atomic mass is 9.82. The van der Waals surface area contributed by atoms with Gasteiger partial charge in [0.05, 0.1) is 24.8 Å². The van der Waals surface area contributed by atoms with E-state index in [1.165, 1.54) is 0 Å². The van der Waals surface area contributed by atoms with Gasteiger partial charge in [-0.05, 0) is 48.2 Å². The van der Waals surface area contributed by atoms with Crippen molar-refractivity contribution < 1.29 is 14.0 Å². The highest BCUT2D eigenvalue weighted by molar-refractivity contribution is 7.10. The Morgan fingerprint density at radius 2 is 2.00 bits per heavy atom. The zero-order valence-corrected chi connectivity index (χ0v) is 20.0. The molecule has 7 heteroatoms. The monoisotopic (exact) mass is 465 g/mol. The van der Waals surface area contributed by atoms with Crippen LogP contribution in [0.3, 0.4) is 0 Å². The molecule has 4 rings (SSSR count). The Morgan fingerprint density at radius 3 is 2.73 bits per heavy atom. The predicted molar refractivity (Wildman–Crippen MR) is 130 cm³/mol. The van der Waals surface area contributed by atoms with E-state index in [2.05, 4.69) is 17.1 Å². The molecule has 3 aromatic rings. The molecule has 3 heterocycles. The van der Waals surface area contributed by atoms with E-state index < -0.39 is 5.92 Å². The summed E-state index contributed by atoms with van der Waals surface area (Å²) in [5.41, 5.74) is 1.41. The molecule has 174 valence electrons. The van der Waals surface area contributed by atoms with Crippen molar-refractivity contribution in [1.82, 2.24) is 15.1 Å². The fourth-order valence-electron chi connectivity index (χ4n) is 4.49. The number of hydrogen-bond acceptors (Lipinski definition) is 5. The van der Waals surface area contributed by atoms with E-state index in [4.69, 9.17) is 4.42 Å². The number of furan rings is 1. The van der Waals surface area contributed by atoms with Gasteiger partial charge in [0.15, 0.2) is 0 Å². The van der Waals surface area contributed by atoms with E-state index in [1.54, 1.807) is 29.5 Å². The lowest BCUT2D eigenvalue weighted by molar-refractivity contribution is -0.124. The standard InChI is InChI=1S/C26H31N3O3S/c1-3-4-14-29(18-19-9-7-16-32-19)15-13-27-25(30)23-20-10-5-6-11-21(20)26(31)28(2)24(23)22-12-8-17-33-22/h5-12,16-17,23-24H,3-4,13-15,18H2,1-2H3,(H,27,30)/t23-,24-/m1/s1. The van der Waals surface area contributed by atoms with Crippen LogP contribution in [-0.4, -0.2) is 48.3 Å². The molecule has 0 unspecified atom stereocenters. The number of rotatable bonds is 10. The molecule has 0 radical (unpaired) electrons. The normalized spacial score (nSPS) is 17.9. The number of nitrogens with zero attached hydrogens (tertiary/aromatic N) is 2. The van der Waals surface area contributed by atoms with Gasteiger partial charge >= 0.3 is 0 Å². The molecule has 0 aliphatic carbocycles. The van der Waals surface area contributed by atoms with Crippen LogP contribution in [0.15, 0.2) is 64.6 Å². The summed E-state index contributed by atoms with van der Waals surface area (Å²) < 4.78 is 5.52. The zero-order valence-electron chi connectivity index (χ0n) is 19.2. The Balaban J connectivity index is 1.50. The van der Waals surface area contributed by atoms with Crippen molar-refractivity contribution in [3.63, 3.8) is 0 Å². The SMILES string of the molecule is CCCCN(CCNC(=O)[C@@H]1c2ccccc2C(=O)N(C)[C@@H]1c1cccs1)Cc1ccco1.